The van der Waals surface area contributed by atoms with E-state index in [-0.39, 0.29) is 5.75 Å². The number of thioether (sulfide) groups is 1. The zero-order valence-electron chi connectivity index (χ0n) is 7.39. The second kappa shape index (κ2) is 4.06. The van der Waals surface area contributed by atoms with Gasteiger partial charge in [0.2, 0.25) is 0 Å². The Hall–Kier alpha value is -0.620. The Balaban J connectivity index is 3.01. The van der Waals surface area contributed by atoms with Gasteiger partial charge in [0.25, 0.3) is 0 Å². The van der Waals surface area contributed by atoms with Gasteiger partial charge in [0.15, 0.2) is 9.84 Å². The van der Waals surface area contributed by atoms with Gasteiger partial charge >= 0.3 is 0 Å². The molecule has 0 N–H and O–H groups in total. The van der Waals surface area contributed by atoms with Crippen molar-refractivity contribution in [2.45, 2.75) is 10.6 Å². The lowest BCUT2D eigenvalue weighted by Crippen LogP contribution is -2.04. The third-order valence-corrected chi connectivity index (χ3v) is 2.95. The van der Waals surface area contributed by atoms with Crippen LogP contribution in [-0.2, 0) is 15.6 Å². The van der Waals surface area contributed by atoms with Gasteiger partial charge in [0, 0.05) is 17.3 Å². The third-order valence-electron chi connectivity index (χ3n) is 1.38. The number of rotatable bonds is 3. The van der Waals surface area contributed by atoms with Crippen molar-refractivity contribution in [1.29, 1.82) is 0 Å². The lowest BCUT2D eigenvalue weighted by molar-refractivity contribution is 0.600. The molecule has 1 heterocycles. The van der Waals surface area contributed by atoms with E-state index in [4.69, 9.17) is 0 Å². The Bertz CT molecular complexity index is 389. The van der Waals surface area contributed by atoms with Crippen LogP contribution in [0.15, 0.2) is 17.4 Å². The molecule has 0 saturated carbocycles. The van der Waals surface area contributed by atoms with Gasteiger partial charge in [-0.2, -0.15) is 0 Å². The molecule has 0 fully saturated rings. The fourth-order valence-electron chi connectivity index (χ4n) is 0.869. The molecule has 13 heavy (non-hydrogen) atoms. The van der Waals surface area contributed by atoms with Crippen LogP contribution in [0, 0.1) is 0 Å². The van der Waals surface area contributed by atoms with Gasteiger partial charge in [-0.15, -0.1) is 11.8 Å². The van der Waals surface area contributed by atoms with E-state index >= 15 is 0 Å². The molecule has 0 unspecified atom stereocenters. The van der Waals surface area contributed by atoms with Crippen molar-refractivity contribution in [3.05, 3.63) is 18.2 Å². The quantitative estimate of drug-likeness (QED) is 0.700. The lowest BCUT2D eigenvalue weighted by Gasteiger charge is -2.02. The van der Waals surface area contributed by atoms with Gasteiger partial charge in [0.05, 0.1) is 11.4 Å². The molecule has 0 aromatic carbocycles. The van der Waals surface area contributed by atoms with Gasteiger partial charge in [-0.05, 0) is 6.26 Å². The molecular weight excluding hydrogens is 208 g/mol. The maximum atomic E-state index is 11.0. The fourth-order valence-corrected chi connectivity index (χ4v) is 2.21. The highest BCUT2D eigenvalue weighted by Gasteiger charge is 2.09. The summed E-state index contributed by atoms with van der Waals surface area (Å²) in [6, 6.07) is 0. The molecule has 0 aliphatic carbocycles. The van der Waals surface area contributed by atoms with E-state index in [0.717, 1.165) is 4.90 Å². The van der Waals surface area contributed by atoms with Gasteiger partial charge < -0.3 is 0 Å². The molecule has 1 rings (SSSR count). The summed E-state index contributed by atoms with van der Waals surface area (Å²) in [6.45, 7) is 0. The summed E-state index contributed by atoms with van der Waals surface area (Å²) >= 11 is 1.45. The standard InChI is InChI=1S/C7H10N2O2S2/c1-12-7-3-8-5-9-6(7)4-13(2,10)11/h3,5H,4H2,1-2H3. The van der Waals surface area contributed by atoms with Crippen molar-refractivity contribution in [1.82, 2.24) is 9.97 Å². The minimum atomic E-state index is -3.01. The molecule has 1 aromatic heterocycles. The first-order valence-electron chi connectivity index (χ1n) is 3.53. The van der Waals surface area contributed by atoms with E-state index in [9.17, 15) is 8.42 Å². The highest BCUT2D eigenvalue weighted by molar-refractivity contribution is 7.98. The molecule has 0 spiro atoms. The van der Waals surface area contributed by atoms with Crippen molar-refractivity contribution in [3.8, 4) is 0 Å². The molecule has 1 aromatic rings. The minimum absolute atomic E-state index is 0.0221. The summed E-state index contributed by atoms with van der Waals surface area (Å²) in [6.07, 6.45) is 6.04. The zero-order valence-corrected chi connectivity index (χ0v) is 9.02. The molecule has 72 valence electrons. The first-order valence-corrected chi connectivity index (χ1v) is 6.82. The molecule has 4 nitrogen and oxygen atoms in total. The van der Waals surface area contributed by atoms with Crippen molar-refractivity contribution in [2.24, 2.45) is 0 Å². The average Bonchev–Trinajstić information content (AvgIpc) is 2.02. The van der Waals surface area contributed by atoms with Crippen LogP contribution >= 0.6 is 11.8 Å². The predicted molar refractivity (Wildman–Crippen MR) is 52.4 cm³/mol. The smallest absolute Gasteiger partial charge is 0.153 e. The second-order valence-corrected chi connectivity index (χ2v) is 5.60. The third kappa shape index (κ3) is 3.31. The Kier molecular flexibility index (Phi) is 3.27. The Morgan fingerprint density at radius 2 is 2.23 bits per heavy atom. The fraction of sp³-hybridized carbons (Fsp3) is 0.429. The van der Waals surface area contributed by atoms with Crippen LogP contribution in [-0.4, -0.2) is 30.9 Å². The SMILES string of the molecule is CSc1cncnc1CS(C)(=O)=O. The number of hydrogen-bond donors (Lipinski definition) is 0. The van der Waals surface area contributed by atoms with Crippen LogP contribution in [0.3, 0.4) is 0 Å². The largest absolute Gasteiger partial charge is 0.244 e. The van der Waals surface area contributed by atoms with E-state index < -0.39 is 9.84 Å². The maximum Gasteiger partial charge on any atom is 0.153 e. The molecule has 0 bridgehead atoms. The van der Waals surface area contributed by atoms with Gasteiger partial charge in [-0.3, -0.25) is 0 Å². The Morgan fingerprint density at radius 1 is 1.54 bits per heavy atom. The number of nitrogens with zero attached hydrogens (tertiary/aromatic N) is 2. The molecule has 6 heteroatoms. The van der Waals surface area contributed by atoms with Crippen molar-refractivity contribution in [3.63, 3.8) is 0 Å². The van der Waals surface area contributed by atoms with Crippen molar-refractivity contribution < 1.29 is 8.42 Å². The van der Waals surface area contributed by atoms with Crippen LogP contribution < -0.4 is 0 Å². The molecule has 0 amide bonds. The molecule has 0 radical (unpaired) electrons. The van der Waals surface area contributed by atoms with Gasteiger partial charge in [-0.1, -0.05) is 0 Å². The lowest BCUT2D eigenvalue weighted by atomic mass is 10.5. The molecule has 0 aliphatic rings. The molecular formula is C7H10N2O2S2. The Morgan fingerprint density at radius 3 is 2.77 bits per heavy atom. The van der Waals surface area contributed by atoms with Crippen molar-refractivity contribution >= 4 is 21.6 Å². The van der Waals surface area contributed by atoms with Crippen LogP contribution in [0.4, 0.5) is 0 Å². The van der Waals surface area contributed by atoms with E-state index in [0.29, 0.717) is 5.69 Å². The molecule has 0 atom stereocenters. The summed E-state index contributed by atoms with van der Waals surface area (Å²) in [5, 5.41) is 0. The highest BCUT2D eigenvalue weighted by Crippen LogP contribution is 2.18. The summed E-state index contributed by atoms with van der Waals surface area (Å²) in [5.41, 5.74) is 0.574. The van der Waals surface area contributed by atoms with E-state index in [1.165, 1.54) is 24.3 Å². The van der Waals surface area contributed by atoms with Crippen LogP contribution in [0.1, 0.15) is 5.69 Å². The van der Waals surface area contributed by atoms with Gasteiger partial charge in [0.1, 0.15) is 6.33 Å². The van der Waals surface area contributed by atoms with Gasteiger partial charge in [-0.25, -0.2) is 18.4 Å². The van der Waals surface area contributed by atoms with Crippen LogP contribution in [0.5, 0.6) is 0 Å². The summed E-state index contributed by atoms with van der Waals surface area (Å²) in [5.74, 6) is -0.0221. The molecule has 0 aliphatic heterocycles. The van der Waals surface area contributed by atoms with E-state index in [1.807, 2.05) is 6.26 Å². The zero-order chi connectivity index (χ0) is 9.90. The summed E-state index contributed by atoms with van der Waals surface area (Å²) in [4.78, 5) is 8.56. The number of aromatic nitrogens is 2. The van der Waals surface area contributed by atoms with Crippen LogP contribution in [0.25, 0.3) is 0 Å². The second-order valence-electron chi connectivity index (χ2n) is 2.61. The van der Waals surface area contributed by atoms with E-state index in [1.54, 1.807) is 6.20 Å². The Labute approximate surface area is 81.7 Å². The number of sulfone groups is 1. The first-order chi connectivity index (χ1) is 6.03. The molecule has 0 saturated heterocycles. The van der Waals surface area contributed by atoms with E-state index in [2.05, 4.69) is 9.97 Å². The topological polar surface area (TPSA) is 59.9 Å². The first kappa shape index (κ1) is 10.5. The number of hydrogen-bond acceptors (Lipinski definition) is 5. The van der Waals surface area contributed by atoms with Crippen molar-refractivity contribution in [2.75, 3.05) is 12.5 Å². The summed E-state index contributed by atoms with van der Waals surface area (Å²) in [7, 11) is -3.01. The summed E-state index contributed by atoms with van der Waals surface area (Å²) < 4.78 is 22.0. The predicted octanol–water partition coefficient (Wildman–Crippen LogP) is 0.743. The van der Waals surface area contributed by atoms with Crippen LogP contribution in [0.2, 0.25) is 0 Å². The minimum Gasteiger partial charge on any atom is -0.244 e. The highest BCUT2D eigenvalue weighted by atomic mass is 32.2. The monoisotopic (exact) mass is 218 g/mol. The normalized spacial score (nSPS) is 11.5. The maximum absolute atomic E-state index is 11.0. The average molecular weight is 218 g/mol.